The minimum atomic E-state index is -0.477. The monoisotopic (exact) mass is 398 g/mol. The largest absolute Gasteiger partial charge is 0.334 e. The van der Waals surface area contributed by atoms with Gasteiger partial charge < -0.3 is 15.1 Å². The summed E-state index contributed by atoms with van der Waals surface area (Å²) in [6.07, 6.45) is 0. The number of aryl methyl sites for hydroxylation is 1. The third-order valence-electron chi connectivity index (χ3n) is 4.80. The van der Waals surface area contributed by atoms with Gasteiger partial charge in [-0.2, -0.15) is 4.37 Å². The van der Waals surface area contributed by atoms with Crippen LogP contribution in [0.5, 0.6) is 0 Å². The Kier molecular flexibility index (Phi) is 4.95. The number of halogens is 1. The Morgan fingerprint density at radius 3 is 2.54 bits per heavy atom. The van der Waals surface area contributed by atoms with E-state index in [-0.39, 0.29) is 17.6 Å². The highest BCUT2D eigenvalue weighted by Crippen LogP contribution is 2.25. The molecule has 1 aliphatic rings. The van der Waals surface area contributed by atoms with Crippen molar-refractivity contribution in [3.63, 3.8) is 0 Å². The number of amides is 3. The molecule has 8 heteroatoms. The van der Waals surface area contributed by atoms with Crippen LogP contribution in [0.2, 0.25) is 0 Å². The Labute approximate surface area is 165 Å². The number of hydrogen-bond donors (Lipinski definition) is 1. The number of aromatic nitrogens is 1. The molecule has 0 bridgehead atoms. The number of hydrogen-bond acceptors (Lipinski definition) is 4. The normalized spacial score (nSPS) is 14.4. The second-order valence-electron chi connectivity index (χ2n) is 6.72. The third-order valence-corrected chi connectivity index (χ3v) is 5.62. The Balaban J connectivity index is 1.41. The molecule has 6 nitrogen and oxygen atoms in total. The maximum atomic E-state index is 13.7. The Bertz CT molecular complexity index is 1040. The molecule has 1 fully saturated rings. The van der Waals surface area contributed by atoms with Crippen LogP contribution in [0.3, 0.4) is 0 Å². The molecule has 1 aromatic heterocycles. The maximum absolute atomic E-state index is 13.7. The number of piperazine rings is 1. The number of benzene rings is 2. The predicted molar refractivity (Wildman–Crippen MR) is 107 cm³/mol. The molecule has 0 atom stereocenters. The second kappa shape index (κ2) is 7.55. The minimum Gasteiger partial charge on any atom is -0.334 e. The number of nitrogens with one attached hydrogen (secondary N) is 1. The van der Waals surface area contributed by atoms with Crippen molar-refractivity contribution < 1.29 is 14.0 Å². The smallest absolute Gasteiger partial charge is 0.322 e. The maximum Gasteiger partial charge on any atom is 0.322 e. The molecular formula is C20H19FN4O2S. The summed E-state index contributed by atoms with van der Waals surface area (Å²) in [5, 5.41) is 3.45. The molecule has 3 aromatic rings. The number of rotatable bonds is 2. The van der Waals surface area contributed by atoms with E-state index in [2.05, 4.69) is 9.69 Å². The molecule has 1 N–H and O–H groups in total. The van der Waals surface area contributed by atoms with Crippen LogP contribution in [0, 0.1) is 12.7 Å². The topological polar surface area (TPSA) is 65.5 Å². The van der Waals surface area contributed by atoms with Gasteiger partial charge in [0.25, 0.3) is 5.91 Å². The van der Waals surface area contributed by atoms with Gasteiger partial charge in [0.05, 0.1) is 10.4 Å². The molecule has 0 unspecified atom stereocenters. The number of nitrogens with zero attached hydrogens (tertiary/aromatic N) is 3. The van der Waals surface area contributed by atoms with Crippen molar-refractivity contribution in [2.24, 2.45) is 0 Å². The van der Waals surface area contributed by atoms with Gasteiger partial charge in [0.15, 0.2) is 0 Å². The first-order valence-corrected chi connectivity index (χ1v) is 9.76. The van der Waals surface area contributed by atoms with Crippen LogP contribution in [0.15, 0.2) is 42.5 Å². The molecule has 28 heavy (non-hydrogen) atoms. The van der Waals surface area contributed by atoms with Crippen LogP contribution in [0.4, 0.5) is 14.9 Å². The van der Waals surface area contributed by atoms with E-state index >= 15 is 0 Å². The number of carbonyl (C=O) groups is 2. The fourth-order valence-corrected chi connectivity index (χ4v) is 3.97. The molecule has 3 amide bonds. The summed E-state index contributed by atoms with van der Waals surface area (Å²) in [5.41, 5.74) is 1.69. The molecule has 4 rings (SSSR count). The number of carbonyl (C=O) groups excluding carboxylic acids is 2. The van der Waals surface area contributed by atoms with Gasteiger partial charge >= 0.3 is 6.03 Å². The van der Waals surface area contributed by atoms with Crippen LogP contribution < -0.4 is 5.32 Å². The van der Waals surface area contributed by atoms with Crippen molar-refractivity contribution in [3.8, 4) is 0 Å². The van der Waals surface area contributed by atoms with Gasteiger partial charge in [-0.25, -0.2) is 9.18 Å². The van der Waals surface area contributed by atoms with Crippen molar-refractivity contribution >= 4 is 39.2 Å². The molecule has 0 radical (unpaired) electrons. The van der Waals surface area contributed by atoms with E-state index in [1.807, 2.05) is 25.1 Å². The van der Waals surface area contributed by atoms with Gasteiger partial charge in [0, 0.05) is 31.6 Å². The van der Waals surface area contributed by atoms with E-state index < -0.39 is 5.82 Å². The van der Waals surface area contributed by atoms with E-state index in [9.17, 15) is 14.0 Å². The first-order chi connectivity index (χ1) is 13.5. The SMILES string of the molecule is Cc1ccc2snc(C(=O)N3CCN(C(=O)Nc4ccccc4F)CC3)c2c1. The summed E-state index contributed by atoms with van der Waals surface area (Å²) in [6, 6.07) is 11.6. The van der Waals surface area contributed by atoms with Crippen LogP contribution in [-0.2, 0) is 0 Å². The molecular weight excluding hydrogens is 379 g/mol. The first-order valence-electron chi connectivity index (χ1n) is 8.99. The van der Waals surface area contributed by atoms with Crippen molar-refractivity contribution in [1.82, 2.24) is 14.2 Å². The minimum absolute atomic E-state index is 0.119. The first kappa shape index (κ1) is 18.4. The highest BCUT2D eigenvalue weighted by atomic mass is 32.1. The Morgan fingerprint density at radius 2 is 1.79 bits per heavy atom. The van der Waals surface area contributed by atoms with Crippen molar-refractivity contribution in [2.75, 3.05) is 31.5 Å². The molecule has 0 saturated carbocycles. The Morgan fingerprint density at radius 1 is 1.07 bits per heavy atom. The van der Waals surface area contributed by atoms with E-state index in [1.165, 1.54) is 23.7 Å². The quantitative estimate of drug-likeness (QED) is 0.715. The summed E-state index contributed by atoms with van der Waals surface area (Å²) in [4.78, 5) is 28.6. The van der Waals surface area contributed by atoms with Gasteiger partial charge in [0.2, 0.25) is 0 Å². The lowest BCUT2D eigenvalue weighted by Crippen LogP contribution is -2.51. The predicted octanol–water partition coefficient (Wildman–Crippen LogP) is 3.73. The van der Waals surface area contributed by atoms with Crippen molar-refractivity contribution in [2.45, 2.75) is 6.92 Å². The highest BCUT2D eigenvalue weighted by Gasteiger charge is 2.27. The van der Waals surface area contributed by atoms with Gasteiger partial charge in [-0.15, -0.1) is 0 Å². The van der Waals surface area contributed by atoms with Crippen LogP contribution in [0.1, 0.15) is 16.1 Å². The molecule has 2 heterocycles. The van der Waals surface area contributed by atoms with Gasteiger partial charge in [-0.05, 0) is 42.7 Å². The highest BCUT2D eigenvalue weighted by molar-refractivity contribution is 7.13. The third kappa shape index (κ3) is 3.55. The fourth-order valence-electron chi connectivity index (χ4n) is 3.23. The van der Waals surface area contributed by atoms with Crippen molar-refractivity contribution in [3.05, 3.63) is 59.5 Å². The van der Waals surface area contributed by atoms with Crippen LogP contribution >= 0.6 is 11.5 Å². The van der Waals surface area contributed by atoms with Crippen molar-refractivity contribution in [1.29, 1.82) is 0 Å². The zero-order chi connectivity index (χ0) is 19.7. The summed E-state index contributed by atoms with van der Waals surface area (Å²) in [5.74, 6) is -0.596. The lowest BCUT2D eigenvalue weighted by Gasteiger charge is -2.34. The average molecular weight is 398 g/mol. The molecule has 1 aliphatic heterocycles. The summed E-state index contributed by atoms with van der Waals surface area (Å²) >= 11 is 1.32. The summed E-state index contributed by atoms with van der Waals surface area (Å²) < 4.78 is 19.0. The van der Waals surface area contributed by atoms with E-state index in [4.69, 9.17) is 0 Å². The summed E-state index contributed by atoms with van der Waals surface area (Å²) in [6.45, 7) is 3.57. The molecule has 0 spiro atoms. The van der Waals surface area contributed by atoms with Crippen LogP contribution in [0.25, 0.3) is 10.1 Å². The fraction of sp³-hybridized carbons (Fsp3) is 0.250. The zero-order valence-corrected chi connectivity index (χ0v) is 16.1. The van der Waals surface area contributed by atoms with Crippen LogP contribution in [-0.4, -0.2) is 52.3 Å². The van der Waals surface area contributed by atoms with Gasteiger partial charge in [-0.1, -0.05) is 23.8 Å². The number of anilines is 1. The lowest BCUT2D eigenvalue weighted by molar-refractivity contribution is 0.0669. The second-order valence-corrected chi connectivity index (χ2v) is 7.53. The standard InChI is InChI=1S/C20H19FN4O2S/c1-13-6-7-17-14(12-13)18(23-28-17)19(26)24-8-10-25(11-9-24)20(27)22-16-5-3-2-4-15(16)21/h2-7,12H,8-11H2,1H3,(H,22,27). The molecule has 0 aliphatic carbocycles. The molecule has 1 saturated heterocycles. The number of para-hydroxylation sites is 1. The van der Waals surface area contributed by atoms with Gasteiger partial charge in [-0.3, -0.25) is 4.79 Å². The molecule has 144 valence electrons. The number of urea groups is 1. The molecule has 2 aromatic carbocycles. The number of fused-ring (bicyclic) bond motifs is 1. The van der Waals surface area contributed by atoms with Gasteiger partial charge in [0.1, 0.15) is 11.5 Å². The van der Waals surface area contributed by atoms with E-state index in [1.54, 1.807) is 21.9 Å². The van der Waals surface area contributed by atoms with E-state index in [0.29, 0.717) is 31.9 Å². The lowest BCUT2D eigenvalue weighted by atomic mass is 10.1. The average Bonchev–Trinajstić information content (AvgIpc) is 3.12. The Hall–Kier alpha value is -3.00. The van der Waals surface area contributed by atoms with E-state index in [0.717, 1.165) is 15.6 Å². The zero-order valence-electron chi connectivity index (χ0n) is 15.3. The summed E-state index contributed by atoms with van der Waals surface area (Å²) in [7, 11) is 0.